The lowest BCUT2D eigenvalue weighted by atomic mass is 10.3. The molecule has 2 aromatic rings. The van der Waals surface area contributed by atoms with Crippen LogP contribution in [-0.4, -0.2) is 21.5 Å². The summed E-state index contributed by atoms with van der Waals surface area (Å²) in [5, 5.41) is 2.61. The largest absolute Gasteiger partial charge is 0.433 e. The van der Waals surface area contributed by atoms with Crippen molar-refractivity contribution < 1.29 is 13.2 Å². The fourth-order valence-electron chi connectivity index (χ4n) is 1.83. The van der Waals surface area contributed by atoms with Gasteiger partial charge in [-0.2, -0.15) is 13.2 Å². The van der Waals surface area contributed by atoms with Gasteiger partial charge in [0.15, 0.2) is 0 Å². The van der Waals surface area contributed by atoms with E-state index in [4.69, 9.17) is 0 Å². The molecular formula is C15H15F3N4S. The van der Waals surface area contributed by atoms with E-state index in [1.54, 1.807) is 23.2 Å². The second-order valence-electron chi connectivity index (χ2n) is 4.54. The number of thiazole rings is 1. The van der Waals surface area contributed by atoms with E-state index in [0.717, 1.165) is 17.3 Å². The van der Waals surface area contributed by atoms with Crippen LogP contribution in [0.1, 0.15) is 17.1 Å². The zero-order chi connectivity index (χ0) is 16.7. The van der Waals surface area contributed by atoms with Crippen molar-refractivity contribution in [2.45, 2.75) is 19.1 Å². The highest BCUT2D eigenvalue weighted by Crippen LogP contribution is 2.28. The summed E-state index contributed by atoms with van der Waals surface area (Å²) in [6.45, 7) is 4.42. The first kappa shape index (κ1) is 17.1. The number of anilines is 1. The molecule has 0 aliphatic carbocycles. The van der Waals surface area contributed by atoms with Gasteiger partial charge in [-0.15, -0.1) is 11.3 Å². The van der Waals surface area contributed by atoms with Crippen LogP contribution in [0.5, 0.6) is 0 Å². The Balaban J connectivity index is 2.21. The Morgan fingerprint density at radius 3 is 2.74 bits per heavy atom. The minimum Gasteiger partial charge on any atom is -0.334 e. The molecule has 0 aliphatic rings. The number of rotatable bonds is 7. The smallest absolute Gasteiger partial charge is 0.334 e. The molecular weight excluding hydrogens is 325 g/mol. The standard InChI is InChI=1S/C15H15F3N4S/c1-2-3-4-5-9-22(11-13-19-8-10-23-13)14-20-7-6-12(21-14)15(16,17)18/h2-4,6-8,10H,1,5,9,11H2/b4-3+. The first-order valence-corrected chi connectivity index (χ1v) is 7.70. The van der Waals surface area contributed by atoms with Gasteiger partial charge >= 0.3 is 6.18 Å². The summed E-state index contributed by atoms with van der Waals surface area (Å²) in [6.07, 6.45) is 4.24. The lowest BCUT2D eigenvalue weighted by Gasteiger charge is -2.21. The molecule has 2 rings (SSSR count). The lowest BCUT2D eigenvalue weighted by molar-refractivity contribution is -0.141. The summed E-state index contributed by atoms with van der Waals surface area (Å²) in [7, 11) is 0. The average Bonchev–Trinajstić information content (AvgIpc) is 3.03. The lowest BCUT2D eigenvalue weighted by Crippen LogP contribution is -2.26. The molecule has 2 heterocycles. The highest BCUT2D eigenvalue weighted by molar-refractivity contribution is 7.09. The van der Waals surface area contributed by atoms with Crippen LogP contribution >= 0.6 is 11.3 Å². The van der Waals surface area contributed by atoms with Gasteiger partial charge in [0.1, 0.15) is 10.7 Å². The van der Waals surface area contributed by atoms with Crippen molar-refractivity contribution in [3.05, 3.63) is 59.3 Å². The van der Waals surface area contributed by atoms with Crippen LogP contribution in [0, 0.1) is 0 Å². The summed E-state index contributed by atoms with van der Waals surface area (Å²) < 4.78 is 38.5. The predicted octanol–water partition coefficient (Wildman–Crippen LogP) is 4.09. The van der Waals surface area contributed by atoms with E-state index in [1.807, 2.05) is 11.5 Å². The maximum atomic E-state index is 12.8. The Morgan fingerprint density at radius 2 is 2.09 bits per heavy atom. The minimum atomic E-state index is -4.49. The van der Waals surface area contributed by atoms with Gasteiger partial charge in [0.2, 0.25) is 5.95 Å². The normalized spacial score (nSPS) is 11.8. The second-order valence-corrected chi connectivity index (χ2v) is 5.52. The van der Waals surface area contributed by atoms with Gasteiger partial charge < -0.3 is 4.90 Å². The SMILES string of the molecule is C=C/C=C/CCN(Cc1nccs1)c1nccc(C(F)(F)F)n1. The monoisotopic (exact) mass is 340 g/mol. The van der Waals surface area contributed by atoms with Crippen molar-refractivity contribution in [3.8, 4) is 0 Å². The van der Waals surface area contributed by atoms with Crippen LogP contribution < -0.4 is 4.90 Å². The molecule has 0 fully saturated rings. The first-order chi connectivity index (χ1) is 11.0. The molecule has 0 unspecified atom stereocenters. The predicted molar refractivity (Wildman–Crippen MR) is 84.2 cm³/mol. The highest BCUT2D eigenvalue weighted by Gasteiger charge is 2.33. The summed E-state index contributed by atoms with van der Waals surface area (Å²) in [4.78, 5) is 13.5. The molecule has 0 spiro atoms. The molecule has 0 saturated heterocycles. The molecule has 0 saturated carbocycles. The van der Waals surface area contributed by atoms with Crippen LogP contribution in [0.3, 0.4) is 0 Å². The molecule has 2 aromatic heterocycles. The van der Waals surface area contributed by atoms with Crippen molar-refractivity contribution in [2.75, 3.05) is 11.4 Å². The number of nitrogens with zero attached hydrogens (tertiary/aromatic N) is 4. The summed E-state index contributed by atoms with van der Waals surface area (Å²) >= 11 is 1.43. The average molecular weight is 340 g/mol. The van der Waals surface area contributed by atoms with Crippen LogP contribution in [0.25, 0.3) is 0 Å². The van der Waals surface area contributed by atoms with Gasteiger partial charge in [-0.1, -0.05) is 24.8 Å². The van der Waals surface area contributed by atoms with E-state index >= 15 is 0 Å². The van der Waals surface area contributed by atoms with Crippen LogP contribution in [0.4, 0.5) is 19.1 Å². The number of aromatic nitrogens is 3. The number of halogens is 3. The molecule has 4 nitrogen and oxygen atoms in total. The fourth-order valence-corrected chi connectivity index (χ4v) is 2.46. The highest BCUT2D eigenvalue weighted by atomic mass is 32.1. The first-order valence-electron chi connectivity index (χ1n) is 6.82. The van der Waals surface area contributed by atoms with Gasteiger partial charge in [0.05, 0.1) is 6.54 Å². The van der Waals surface area contributed by atoms with Crippen molar-refractivity contribution in [3.63, 3.8) is 0 Å². The van der Waals surface area contributed by atoms with Crippen molar-refractivity contribution in [2.24, 2.45) is 0 Å². The summed E-state index contributed by atoms with van der Waals surface area (Å²) in [5.41, 5.74) is -0.951. The summed E-state index contributed by atoms with van der Waals surface area (Å²) in [5.74, 6) is 0.0435. The quantitative estimate of drug-likeness (QED) is 0.712. The maximum absolute atomic E-state index is 12.8. The molecule has 122 valence electrons. The third-order valence-electron chi connectivity index (χ3n) is 2.86. The van der Waals surface area contributed by atoms with Gasteiger partial charge in [-0.05, 0) is 12.5 Å². The molecule has 0 radical (unpaired) electrons. The third-order valence-corrected chi connectivity index (χ3v) is 3.63. The Kier molecular flexibility index (Phi) is 5.86. The molecule has 0 aromatic carbocycles. The second kappa shape index (κ2) is 7.87. The van der Waals surface area contributed by atoms with E-state index in [1.165, 1.54) is 11.3 Å². The molecule has 0 bridgehead atoms. The molecule has 8 heteroatoms. The van der Waals surface area contributed by atoms with E-state index in [2.05, 4.69) is 21.5 Å². The van der Waals surface area contributed by atoms with Crippen LogP contribution in [0.2, 0.25) is 0 Å². The van der Waals surface area contributed by atoms with Crippen LogP contribution in [0.15, 0.2) is 48.6 Å². The number of allylic oxidation sites excluding steroid dienone is 2. The van der Waals surface area contributed by atoms with Gasteiger partial charge in [0.25, 0.3) is 0 Å². The molecule has 0 N–H and O–H groups in total. The van der Waals surface area contributed by atoms with Gasteiger partial charge in [-0.3, -0.25) is 0 Å². The number of hydrogen-bond acceptors (Lipinski definition) is 5. The zero-order valence-electron chi connectivity index (χ0n) is 12.2. The Labute approximate surface area is 136 Å². The fraction of sp³-hybridized carbons (Fsp3) is 0.267. The molecule has 0 amide bonds. The van der Waals surface area contributed by atoms with Gasteiger partial charge in [0, 0.05) is 24.3 Å². The third kappa shape index (κ3) is 5.17. The topological polar surface area (TPSA) is 41.9 Å². The number of alkyl halides is 3. The molecule has 0 atom stereocenters. The van der Waals surface area contributed by atoms with Crippen molar-refractivity contribution in [1.82, 2.24) is 15.0 Å². The van der Waals surface area contributed by atoms with E-state index in [0.29, 0.717) is 19.5 Å². The number of hydrogen-bond donors (Lipinski definition) is 0. The van der Waals surface area contributed by atoms with Crippen LogP contribution in [-0.2, 0) is 12.7 Å². The Hall–Kier alpha value is -2.22. The molecule has 23 heavy (non-hydrogen) atoms. The van der Waals surface area contributed by atoms with E-state index < -0.39 is 11.9 Å². The van der Waals surface area contributed by atoms with Crippen molar-refractivity contribution >= 4 is 17.3 Å². The Bertz CT molecular complexity index is 653. The van der Waals surface area contributed by atoms with Gasteiger partial charge in [-0.25, -0.2) is 15.0 Å². The molecule has 0 aliphatic heterocycles. The maximum Gasteiger partial charge on any atom is 0.433 e. The van der Waals surface area contributed by atoms with Crippen molar-refractivity contribution in [1.29, 1.82) is 0 Å². The van der Waals surface area contributed by atoms with E-state index in [-0.39, 0.29) is 5.95 Å². The van der Waals surface area contributed by atoms with E-state index in [9.17, 15) is 13.2 Å². The summed E-state index contributed by atoms with van der Waals surface area (Å²) in [6, 6.07) is 0.864. The zero-order valence-corrected chi connectivity index (χ0v) is 13.0. The Morgan fingerprint density at radius 1 is 1.26 bits per heavy atom. The minimum absolute atomic E-state index is 0.0435.